The molecule has 20 heavy (non-hydrogen) atoms. The standard InChI is InChI=1S/C15H24N2O2S/c1-12-8-10-13(11-9-12)17(3)20(18,19)15-7-5-4-6-14(15)16-2/h4-7,12-13,16H,8-11H2,1-3H3. The molecular formula is C15H24N2O2S. The van der Waals surface area contributed by atoms with Crippen LogP contribution in [0.3, 0.4) is 0 Å². The Morgan fingerprint density at radius 3 is 2.35 bits per heavy atom. The van der Waals surface area contributed by atoms with E-state index in [-0.39, 0.29) is 6.04 Å². The summed E-state index contributed by atoms with van der Waals surface area (Å²) in [6.45, 7) is 2.24. The SMILES string of the molecule is CNc1ccccc1S(=O)(=O)N(C)C1CCC(C)CC1. The highest BCUT2D eigenvalue weighted by molar-refractivity contribution is 7.89. The first-order valence-electron chi connectivity index (χ1n) is 7.21. The van der Waals surface area contributed by atoms with Crippen molar-refractivity contribution >= 4 is 15.7 Å². The summed E-state index contributed by atoms with van der Waals surface area (Å²) in [5.74, 6) is 0.715. The van der Waals surface area contributed by atoms with E-state index in [1.54, 1.807) is 36.6 Å². The Kier molecular flexibility index (Phi) is 4.70. The van der Waals surface area contributed by atoms with Crippen molar-refractivity contribution in [2.75, 3.05) is 19.4 Å². The van der Waals surface area contributed by atoms with Gasteiger partial charge >= 0.3 is 0 Å². The molecule has 0 aromatic heterocycles. The average Bonchev–Trinajstić information content (AvgIpc) is 2.47. The van der Waals surface area contributed by atoms with Gasteiger partial charge in [0.1, 0.15) is 4.90 Å². The summed E-state index contributed by atoms with van der Waals surface area (Å²) < 4.78 is 27.1. The van der Waals surface area contributed by atoms with Crippen molar-refractivity contribution in [2.45, 2.75) is 43.5 Å². The molecule has 0 atom stereocenters. The first-order valence-corrected chi connectivity index (χ1v) is 8.65. The van der Waals surface area contributed by atoms with Crippen LogP contribution in [-0.2, 0) is 10.0 Å². The molecule has 2 rings (SSSR count). The summed E-state index contributed by atoms with van der Waals surface area (Å²) in [6.07, 6.45) is 4.13. The smallest absolute Gasteiger partial charge is 0.245 e. The van der Waals surface area contributed by atoms with Gasteiger partial charge in [0.25, 0.3) is 0 Å². The number of rotatable bonds is 4. The molecule has 1 aromatic rings. The molecule has 1 aliphatic carbocycles. The monoisotopic (exact) mass is 296 g/mol. The zero-order valence-electron chi connectivity index (χ0n) is 12.5. The number of hydrogen-bond donors (Lipinski definition) is 1. The zero-order chi connectivity index (χ0) is 14.8. The van der Waals surface area contributed by atoms with E-state index in [0.29, 0.717) is 16.5 Å². The maximum atomic E-state index is 12.8. The molecule has 4 nitrogen and oxygen atoms in total. The van der Waals surface area contributed by atoms with Gasteiger partial charge in [0.15, 0.2) is 0 Å². The van der Waals surface area contributed by atoms with Crippen molar-refractivity contribution in [1.82, 2.24) is 4.31 Å². The van der Waals surface area contributed by atoms with Crippen molar-refractivity contribution in [2.24, 2.45) is 5.92 Å². The zero-order valence-corrected chi connectivity index (χ0v) is 13.3. The minimum Gasteiger partial charge on any atom is -0.387 e. The second kappa shape index (κ2) is 6.14. The highest BCUT2D eigenvalue weighted by Crippen LogP contribution is 2.31. The van der Waals surface area contributed by atoms with Gasteiger partial charge in [0, 0.05) is 20.1 Å². The van der Waals surface area contributed by atoms with Gasteiger partial charge in [-0.2, -0.15) is 4.31 Å². The number of anilines is 1. The number of para-hydroxylation sites is 1. The predicted molar refractivity (Wildman–Crippen MR) is 82.4 cm³/mol. The third kappa shape index (κ3) is 2.99. The fourth-order valence-electron chi connectivity index (χ4n) is 2.86. The molecule has 1 aromatic carbocycles. The summed E-state index contributed by atoms with van der Waals surface area (Å²) in [5, 5.41) is 2.96. The topological polar surface area (TPSA) is 49.4 Å². The Balaban J connectivity index is 2.25. The minimum atomic E-state index is -3.43. The number of sulfonamides is 1. The van der Waals surface area contributed by atoms with Crippen molar-refractivity contribution in [1.29, 1.82) is 0 Å². The lowest BCUT2D eigenvalue weighted by Crippen LogP contribution is -2.39. The third-order valence-electron chi connectivity index (χ3n) is 4.31. The summed E-state index contributed by atoms with van der Waals surface area (Å²) in [7, 11) is 0.0294. The number of nitrogens with zero attached hydrogens (tertiary/aromatic N) is 1. The van der Waals surface area contributed by atoms with Crippen LogP contribution in [-0.4, -0.2) is 32.9 Å². The molecule has 1 N–H and O–H groups in total. The van der Waals surface area contributed by atoms with Gasteiger partial charge in [0.2, 0.25) is 10.0 Å². The second-order valence-electron chi connectivity index (χ2n) is 5.68. The Morgan fingerprint density at radius 2 is 1.75 bits per heavy atom. The molecule has 1 aliphatic rings. The van der Waals surface area contributed by atoms with E-state index < -0.39 is 10.0 Å². The van der Waals surface area contributed by atoms with Gasteiger partial charge in [-0.15, -0.1) is 0 Å². The molecule has 0 aliphatic heterocycles. The first-order chi connectivity index (χ1) is 9.46. The lowest BCUT2D eigenvalue weighted by molar-refractivity contribution is 0.246. The van der Waals surface area contributed by atoms with E-state index in [4.69, 9.17) is 0 Å². The van der Waals surface area contributed by atoms with E-state index in [2.05, 4.69) is 12.2 Å². The van der Waals surface area contributed by atoms with Crippen LogP contribution >= 0.6 is 0 Å². The quantitative estimate of drug-likeness (QED) is 0.929. The molecule has 1 fully saturated rings. The van der Waals surface area contributed by atoms with E-state index in [0.717, 1.165) is 25.7 Å². The Bertz CT molecular complexity index is 549. The molecule has 0 radical (unpaired) electrons. The van der Waals surface area contributed by atoms with Crippen molar-refractivity contribution in [3.8, 4) is 0 Å². The Morgan fingerprint density at radius 1 is 1.15 bits per heavy atom. The van der Waals surface area contributed by atoms with Crippen LogP contribution in [0, 0.1) is 5.92 Å². The van der Waals surface area contributed by atoms with Crippen molar-refractivity contribution in [3.05, 3.63) is 24.3 Å². The number of hydrogen-bond acceptors (Lipinski definition) is 3. The molecule has 0 bridgehead atoms. The normalized spacial score (nSPS) is 23.8. The minimum absolute atomic E-state index is 0.126. The first kappa shape index (κ1) is 15.3. The molecule has 1 saturated carbocycles. The fourth-order valence-corrected chi connectivity index (χ4v) is 4.47. The Hall–Kier alpha value is -1.07. The van der Waals surface area contributed by atoms with Gasteiger partial charge in [0.05, 0.1) is 5.69 Å². The summed E-state index contributed by atoms with van der Waals surface area (Å²) in [4.78, 5) is 0.364. The molecule has 0 heterocycles. The van der Waals surface area contributed by atoms with E-state index in [1.165, 1.54) is 0 Å². The summed E-state index contributed by atoms with van der Waals surface area (Å²) >= 11 is 0. The lowest BCUT2D eigenvalue weighted by atomic mass is 9.87. The Labute approximate surface area is 122 Å². The van der Waals surface area contributed by atoms with Crippen LogP contribution in [0.15, 0.2) is 29.2 Å². The van der Waals surface area contributed by atoms with Crippen LogP contribution in [0.25, 0.3) is 0 Å². The van der Waals surface area contributed by atoms with E-state index in [1.807, 2.05) is 6.07 Å². The van der Waals surface area contributed by atoms with E-state index in [9.17, 15) is 8.42 Å². The second-order valence-corrected chi connectivity index (χ2v) is 7.65. The molecule has 0 saturated heterocycles. The van der Waals surface area contributed by atoms with Crippen LogP contribution in [0.4, 0.5) is 5.69 Å². The van der Waals surface area contributed by atoms with Crippen molar-refractivity contribution in [3.63, 3.8) is 0 Å². The van der Waals surface area contributed by atoms with Crippen LogP contribution in [0.2, 0.25) is 0 Å². The van der Waals surface area contributed by atoms with Crippen molar-refractivity contribution < 1.29 is 8.42 Å². The number of benzene rings is 1. The average molecular weight is 296 g/mol. The molecule has 5 heteroatoms. The lowest BCUT2D eigenvalue weighted by Gasteiger charge is -2.33. The third-order valence-corrected chi connectivity index (χ3v) is 6.28. The highest BCUT2D eigenvalue weighted by atomic mass is 32.2. The molecule has 0 unspecified atom stereocenters. The van der Waals surface area contributed by atoms with Gasteiger partial charge in [-0.05, 0) is 43.7 Å². The van der Waals surface area contributed by atoms with Crippen LogP contribution in [0.5, 0.6) is 0 Å². The fraction of sp³-hybridized carbons (Fsp3) is 0.600. The summed E-state index contributed by atoms with van der Waals surface area (Å²) in [5.41, 5.74) is 0.656. The van der Waals surface area contributed by atoms with Crippen LogP contribution < -0.4 is 5.32 Å². The summed E-state index contributed by atoms with van der Waals surface area (Å²) in [6, 6.07) is 7.20. The molecular weight excluding hydrogens is 272 g/mol. The van der Waals surface area contributed by atoms with E-state index >= 15 is 0 Å². The predicted octanol–water partition coefficient (Wildman–Crippen LogP) is 2.93. The van der Waals surface area contributed by atoms with Crippen LogP contribution in [0.1, 0.15) is 32.6 Å². The maximum Gasteiger partial charge on any atom is 0.245 e. The van der Waals surface area contributed by atoms with Gasteiger partial charge in [-0.1, -0.05) is 19.1 Å². The van der Waals surface area contributed by atoms with Gasteiger partial charge in [-0.25, -0.2) is 8.42 Å². The largest absolute Gasteiger partial charge is 0.387 e. The highest BCUT2D eigenvalue weighted by Gasteiger charge is 2.31. The molecule has 0 spiro atoms. The maximum absolute atomic E-state index is 12.8. The molecule has 112 valence electrons. The molecule has 0 amide bonds. The number of nitrogens with one attached hydrogen (secondary N) is 1. The van der Waals surface area contributed by atoms with Gasteiger partial charge in [-0.3, -0.25) is 0 Å². The van der Waals surface area contributed by atoms with Gasteiger partial charge < -0.3 is 5.32 Å².